The molecule has 0 saturated heterocycles. The summed E-state index contributed by atoms with van der Waals surface area (Å²) in [7, 11) is 0. The molecule has 2 aromatic carbocycles. The van der Waals surface area contributed by atoms with Crippen LogP contribution in [-0.4, -0.2) is 22.5 Å². The molecule has 0 unspecified atom stereocenters. The van der Waals surface area contributed by atoms with E-state index in [1.165, 1.54) is 0 Å². The van der Waals surface area contributed by atoms with Gasteiger partial charge >= 0.3 is 0 Å². The number of rotatable bonds is 6. The van der Waals surface area contributed by atoms with Gasteiger partial charge in [0.1, 0.15) is 18.2 Å². The molecule has 0 bridgehead atoms. The zero-order valence-corrected chi connectivity index (χ0v) is 12.6. The van der Waals surface area contributed by atoms with Gasteiger partial charge in [0.05, 0.1) is 17.6 Å². The van der Waals surface area contributed by atoms with Gasteiger partial charge in [0.15, 0.2) is 0 Å². The Morgan fingerprint density at radius 1 is 1.22 bits per heavy atom. The van der Waals surface area contributed by atoms with E-state index >= 15 is 0 Å². The number of ether oxygens (including phenoxy) is 1. The van der Waals surface area contributed by atoms with Crippen molar-refractivity contribution in [2.75, 3.05) is 6.61 Å². The number of aromatic amines is 1. The molecular formula is C18H17N3O2. The van der Waals surface area contributed by atoms with Crippen molar-refractivity contribution in [1.82, 2.24) is 15.3 Å². The van der Waals surface area contributed by atoms with Crippen molar-refractivity contribution in [3.8, 4) is 5.75 Å². The lowest BCUT2D eigenvalue weighted by Gasteiger charge is -2.06. The molecule has 1 aromatic heterocycles. The molecular weight excluding hydrogens is 290 g/mol. The molecule has 1 amide bonds. The Morgan fingerprint density at radius 2 is 2.00 bits per heavy atom. The third-order valence-corrected chi connectivity index (χ3v) is 3.34. The lowest BCUT2D eigenvalue weighted by molar-refractivity contribution is 0.0950. The van der Waals surface area contributed by atoms with Crippen LogP contribution in [-0.2, 0) is 6.54 Å². The topological polar surface area (TPSA) is 67.0 Å². The number of nitrogens with one attached hydrogen (secondary N) is 2. The molecule has 116 valence electrons. The lowest BCUT2D eigenvalue weighted by atomic mass is 10.2. The molecule has 0 saturated carbocycles. The van der Waals surface area contributed by atoms with Gasteiger partial charge in [-0.3, -0.25) is 4.79 Å². The third-order valence-electron chi connectivity index (χ3n) is 3.34. The van der Waals surface area contributed by atoms with E-state index in [0.29, 0.717) is 24.5 Å². The van der Waals surface area contributed by atoms with Crippen LogP contribution in [0.5, 0.6) is 5.75 Å². The van der Waals surface area contributed by atoms with E-state index in [4.69, 9.17) is 4.74 Å². The normalized spacial score (nSPS) is 10.4. The van der Waals surface area contributed by atoms with Gasteiger partial charge in [-0.15, -0.1) is 0 Å². The number of carbonyl (C=O) groups is 1. The van der Waals surface area contributed by atoms with Crippen LogP contribution in [0.3, 0.4) is 0 Å². The van der Waals surface area contributed by atoms with Crippen molar-refractivity contribution in [1.29, 1.82) is 0 Å². The summed E-state index contributed by atoms with van der Waals surface area (Å²) in [6.45, 7) is 4.38. The molecule has 23 heavy (non-hydrogen) atoms. The predicted octanol–water partition coefficient (Wildman–Crippen LogP) is 3.06. The molecule has 0 aliphatic heterocycles. The van der Waals surface area contributed by atoms with Gasteiger partial charge in [-0.05, 0) is 36.4 Å². The average Bonchev–Trinajstić information content (AvgIpc) is 3.01. The summed E-state index contributed by atoms with van der Waals surface area (Å²) < 4.78 is 5.39. The number of para-hydroxylation sites is 2. The van der Waals surface area contributed by atoms with Gasteiger partial charge in [0, 0.05) is 5.56 Å². The monoisotopic (exact) mass is 307 g/mol. The Morgan fingerprint density at radius 3 is 2.74 bits per heavy atom. The number of amides is 1. The minimum Gasteiger partial charge on any atom is -0.490 e. The largest absolute Gasteiger partial charge is 0.490 e. The van der Waals surface area contributed by atoms with Gasteiger partial charge in [0.25, 0.3) is 5.91 Å². The van der Waals surface area contributed by atoms with Gasteiger partial charge in [-0.2, -0.15) is 0 Å². The summed E-state index contributed by atoms with van der Waals surface area (Å²) in [5.41, 5.74) is 2.42. The number of fused-ring (bicyclic) bond motifs is 1. The van der Waals surface area contributed by atoms with Gasteiger partial charge < -0.3 is 15.0 Å². The first-order valence-electron chi connectivity index (χ1n) is 7.32. The van der Waals surface area contributed by atoms with Gasteiger partial charge in [-0.1, -0.05) is 24.8 Å². The first kappa shape index (κ1) is 14.8. The van der Waals surface area contributed by atoms with Crippen LogP contribution in [0.15, 0.2) is 61.2 Å². The SMILES string of the molecule is C=CCOc1ccc(C(=O)NCc2nc3ccccc3[nH]2)cc1. The molecule has 0 radical (unpaired) electrons. The highest BCUT2D eigenvalue weighted by Gasteiger charge is 2.07. The molecule has 0 atom stereocenters. The molecule has 5 nitrogen and oxygen atoms in total. The standard InChI is InChI=1S/C18H17N3O2/c1-2-11-23-14-9-7-13(8-10-14)18(22)19-12-17-20-15-5-3-4-6-16(15)21-17/h2-10H,1,11-12H2,(H,19,22)(H,20,21). The number of aromatic nitrogens is 2. The Bertz CT molecular complexity index is 789. The van der Waals surface area contributed by atoms with Gasteiger partial charge in [0.2, 0.25) is 0 Å². The lowest BCUT2D eigenvalue weighted by Crippen LogP contribution is -2.23. The fourth-order valence-corrected chi connectivity index (χ4v) is 2.21. The van der Waals surface area contributed by atoms with Crippen molar-refractivity contribution in [3.63, 3.8) is 0 Å². The van der Waals surface area contributed by atoms with Gasteiger partial charge in [-0.25, -0.2) is 4.98 Å². The quantitative estimate of drug-likeness (QED) is 0.688. The van der Waals surface area contributed by atoms with E-state index in [2.05, 4.69) is 21.9 Å². The summed E-state index contributed by atoms with van der Waals surface area (Å²) in [6.07, 6.45) is 1.67. The third kappa shape index (κ3) is 3.58. The highest BCUT2D eigenvalue weighted by molar-refractivity contribution is 5.94. The highest BCUT2D eigenvalue weighted by atomic mass is 16.5. The maximum absolute atomic E-state index is 12.1. The number of nitrogens with zero attached hydrogens (tertiary/aromatic N) is 1. The second-order valence-corrected chi connectivity index (χ2v) is 5.01. The van der Waals surface area contributed by atoms with E-state index < -0.39 is 0 Å². The van der Waals surface area contributed by atoms with E-state index in [1.807, 2.05) is 24.3 Å². The zero-order chi connectivity index (χ0) is 16.1. The van der Waals surface area contributed by atoms with Crippen LogP contribution in [0.25, 0.3) is 11.0 Å². The van der Waals surface area contributed by atoms with Crippen LogP contribution in [0, 0.1) is 0 Å². The molecule has 3 aromatic rings. The number of H-pyrrole nitrogens is 1. The summed E-state index contributed by atoms with van der Waals surface area (Å²) in [5, 5.41) is 2.85. The van der Waals surface area contributed by atoms with Crippen molar-refractivity contribution < 1.29 is 9.53 Å². The first-order valence-corrected chi connectivity index (χ1v) is 7.32. The number of imidazole rings is 1. The second kappa shape index (κ2) is 6.79. The van der Waals surface area contributed by atoms with Crippen molar-refractivity contribution >= 4 is 16.9 Å². The van der Waals surface area contributed by atoms with E-state index in [-0.39, 0.29) is 5.91 Å². The summed E-state index contributed by atoms with van der Waals surface area (Å²) in [6, 6.07) is 14.7. The number of hydrogen-bond acceptors (Lipinski definition) is 3. The maximum atomic E-state index is 12.1. The van der Waals surface area contributed by atoms with Crippen molar-refractivity contribution in [2.45, 2.75) is 6.54 Å². The van der Waals surface area contributed by atoms with Crippen molar-refractivity contribution in [3.05, 3.63) is 72.6 Å². The minimum atomic E-state index is -0.152. The van der Waals surface area contributed by atoms with Crippen LogP contribution >= 0.6 is 0 Å². The molecule has 2 N–H and O–H groups in total. The average molecular weight is 307 g/mol. The summed E-state index contributed by atoms with van der Waals surface area (Å²) in [4.78, 5) is 19.8. The fourth-order valence-electron chi connectivity index (χ4n) is 2.21. The summed E-state index contributed by atoms with van der Waals surface area (Å²) in [5.74, 6) is 1.28. The Labute approximate surface area is 134 Å². The molecule has 0 aliphatic carbocycles. The Kier molecular flexibility index (Phi) is 4.38. The van der Waals surface area contributed by atoms with Crippen LogP contribution in [0.4, 0.5) is 0 Å². The van der Waals surface area contributed by atoms with Crippen LogP contribution < -0.4 is 10.1 Å². The van der Waals surface area contributed by atoms with E-state index in [0.717, 1.165) is 16.9 Å². The molecule has 5 heteroatoms. The smallest absolute Gasteiger partial charge is 0.251 e. The Hall–Kier alpha value is -3.08. The minimum absolute atomic E-state index is 0.152. The van der Waals surface area contributed by atoms with E-state index in [1.54, 1.807) is 30.3 Å². The molecule has 3 rings (SSSR count). The molecule has 0 spiro atoms. The van der Waals surface area contributed by atoms with Crippen LogP contribution in [0.1, 0.15) is 16.2 Å². The molecule has 0 fully saturated rings. The van der Waals surface area contributed by atoms with Crippen LogP contribution in [0.2, 0.25) is 0 Å². The summed E-state index contributed by atoms with van der Waals surface area (Å²) >= 11 is 0. The first-order chi connectivity index (χ1) is 11.3. The fraction of sp³-hybridized carbons (Fsp3) is 0.111. The second-order valence-electron chi connectivity index (χ2n) is 5.01. The van der Waals surface area contributed by atoms with E-state index in [9.17, 15) is 4.79 Å². The number of benzene rings is 2. The molecule has 1 heterocycles. The number of hydrogen-bond donors (Lipinski definition) is 2. The number of carbonyl (C=O) groups excluding carboxylic acids is 1. The molecule has 0 aliphatic rings. The predicted molar refractivity (Wildman–Crippen MR) is 89.4 cm³/mol. The van der Waals surface area contributed by atoms with Crippen molar-refractivity contribution in [2.24, 2.45) is 0 Å². The maximum Gasteiger partial charge on any atom is 0.251 e. The highest BCUT2D eigenvalue weighted by Crippen LogP contribution is 2.13. The zero-order valence-electron chi connectivity index (χ0n) is 12.6. The Balaban J connectivity index is 1.61.